The van der Waals surface area contributed by atoms with Gasteiger partial charge in [0.05, 0.1) is 4.90 Å². The molecule has 2 aliphatic heterocycles. The van der Waals surface area contributed by atoms with Crippen molar-refractivity contribution in [2.45, 2.75) is 69.9 Å². The van der Waals surface area contributed by atoms with Gasteiger partial charge in [0, 0.05) is 30.7 Å². The maximum absolute atomic E-state index is 13.3. The highest BCUT2D eigenvalue weighted by Gasteiger charge is 2.37. The molecule has 2 unspecified atom stereocenters. The number of carbonyl (C=O) groups excluding carboxylic acids is 1. The van der Waals surface area contributed by atoms with Gasteiger partial charge in [-0.15, -0.1) is 0 Å². The van der Waals surface area contributed by atoms with Gasteiger partial charge in [0.25, 0.3) is 0 Å². The molecule has 3 rings (SSSR count). The van der Waals surface area contributed by atoms with Crippen molar-refractivity contribution in [3.63, 3.8) is 0 Å². The van der Waals surface area contributed by atoms with Crippen LogP contribution in [0.1, 0.15) is 51.5 Å². The molecule has 6 heteroatoms. The summed E-state index contributed by atoms with van der Waals surface area (Å²) in [6.07, 6.45) is 4.22. The molecule has 0 bridgehead atoms. The monoisotopic (exact) mass is 350 g/mol. The van der Waals surface area contributed by atoms with Crippen molar-refractivity contribution in [3.8, 4) is 0 Å². The van der Waals surface area contributed by atoms with Crippen LogP contribution in [-0.2, 0) is 14.8 Å². The summed E-state index contributed by atoms with van der Waals surface area (Å²) in [4.78, 5) is 14.0. The average Bonchev–Trinajstić information content (AvgIpc) is 2.93. The molecule has 0 N–H and O–H groups in total. The molecule has 2 atom stereocenters. The third-order valence-corrected chi connectivity index (χ3v) is 7.50. The maximum Gasteiger partial charge on any atom is 0.243 e. The third-order valence-electron chi connectivity index (χ3n) is 5.22. The van der Waals surface area contributed by atoms with Crippen LogP contribution in [0, 0.1) is 6.92 Å². The number of anilines is 1. The molecule has 0 radical (unpaired) electrons. The lowest BCUT2D eigenvalue weighted by Gasteiger charge is -2.38. The lowest BCUT2D eigenvalue weighted by molar-refractivity contribution is -0.117. The standard InChI is InChI=1S/C18H26N2O3S/c1-13-9-10-16(19-11-5-8-18(19)21)12-17(13)24(22,23)20-14(2)6-4-7-15(20)3/h9-10,12,14-15H,4-8,11H2,1-3H3. The Bertz CT molecular complexity index is 735. The Balaban J connectivity index is 2.02. The Hall–Kier alpha value is -1.40. The first-order valence-corrected chi connectivity index (χ1v) is 10.2. The van der Waals surface area contributed by atoms with Gasteiger partial charge in [-0.25, -0.2) is 8.42 Å². The molecule has 2 aliphatic rings. The van der Waals surface area contributed by atoms with Gasteiger partial charge in [0.15, 0.2) is 0 Å². The first-order chi connectivity index (χ1) is 11.3. The van der Waals surface area contributed by atoms with Gasteiger partial charge in [0.2, 0.25) is 15.9 Å². The Morgan fingerprint density at radius 1 is 1.08 bits per heavy atom. The molecule has 1 aromatic carbocycles. The van der Waals surface area contributed by atoms with E-state index in [4.69, 9.17) is 0 Å². The summed E-state index contributed by atoms with van der Waals surface area (Å²) < 4.78 is 28.3. The van der Waals surface area contributed by atoms with Crippen LogP contribution in [0.5, 0.6) is 0 Å². The smallest absolute Gasteiger partial charge is 0.243 e. The number of carbonyl (C=O) groups is 1. The van der Waals surface area contributed by atoms with Crippen molar-refractivity contribution >= 4 is 21.6 Å². The van der Waals surface area contributed by atoms with Gasteiger partial charge < -0.3 is 4.90 Å². The predicted molar refractivity (Wildman–Crippen MR) is 94.6 cm³/mol. The van der Waals surface area contributed by atoms with Crippen molar-refractivity contribution in [2.75, 3.05) is 11.4 Å². The van der Waals surface area contributed by atoms with Crippen LogP contribution in [0.4, 0.5) is 5.69 Å². The number of nitrogens with zero attached hydrogens (tertiary/aromatic N) is 2. The summed E-state index contributed by atoms with van der Waals surface area (Å²) in [5, 5.41) is 0. The van der Waals surface area contributed by atoms with Crippen LogP contribution in [0.3, 0.4) is 0 Å². The molecule has 2 fully saturated rings. The van der Waals surface area contributed by atoms with Crippen LogP contribution in [0.2, 0.25) is 0 Å². The number of hydrogen-bond donors (Lipinski definition) is 0. The average molecular weight is 350 g/mol. The van der Waals surface area contributed by atoms with Crippen molar-refractivity contribution in [1.29, 1.82) is 0 Å². The number of piperidine rings is 1. The van der Waals surface area contributed by atoms with Crippen molar-refractivity contribution < 1.29 is 13.2 Å². The molecule has 0 spiro atoms. The summed E-state index contributed by atoms with van der Waals surface area (Å²) in [5.41, 5.74) is 1.43. The lowest BCUT2D eigenvalue weighted by Crippen LogP contribution is -2.47. The van der Waals surface area contributed by atoms with Crippen molar-refractivity contribution in [3.05, 3.63) is 23.8 Å². The highest BCUT2D eigenvalue weighted by molar-refractivity contribution is 7.89. The fraction of sp³-hybridized carbons (Fsp3) is 0.611. The van der Waals surface area contributed by atoms with Crippen LogP contribution in [-0.4, -0.2) is 37.3 Å². The molecular formula is C18H26N2O3S. The van der Waals surface area contributed by atoms with Gasteiger partial charge in [0.1, 0.15) is 0 Å². The zero-order valence-electron chi connectivity index (χ0n) is 14.7. The largest absolute Gasteiger partial charge is 0.312 e. The first-order valence-electron chi connectivity index (χ1n) is 8.77. The number of hydrogen-bond acceptors (Lipinski definition) is 3. The zero-order chi connectivity index (χ0) is 17.5. The molecule has 2 heterocycles. The molecular weight excluding hydrogens is 324 g/mol. The van der Waals surface area contributed by atoms with E-state index in [0.29, 0.717) is 23.5 Å². The quantitative estimate of drug-likeness (QED) is 0.842. The number of benzene rings is 1. The van der Waals surface area contributed by atoms with E-state index < -0.39 is 10.0 Å². The molecule has 1 amide bonds. The minimum Gasteiger partial charge on any atom is -0.312 e. The predicted octanol–water partition coefficient (Wildman–Crippen LogP) is 3.07. The summed E-state index contributed by atoms with van der Waals surface area (Å²) in [7, 11) is -3.57. The van der Waals surface area contributed by atoms with Crippen LogP contribution < -0.4 is 4.90 Å². The molecule has 5 nitrogen and oxygen atoms in total. The molecule has 0 saturated carbocycles. The van der Waals surface area contributed by atoms with E-state index in [1.807, 2.05) is 32.9 Å². The van der Waals surface area contributed by atoms with Gasteiger partial charge in [-0.05, 0) is 57.7 Å². The molecule has 24 heavy (non-hydrogen) atoms. The van der Waals surface area contributed by atoms with E-state index in [1.165, 1.54) is 0 Å². The second-order valence-electron chi connectivity index (χ2n) is 7.06. The minimum absolute atomic E-state index is 0.00947. The van der Waals surface area contributed by atoms with Gasteiger partial charge >= 0.3 is 0 Å². The van der Waals surface area contributed by atoms with Crippen LogP contribution >= 0.6 is 0 Å². The van der Waals surface area contributed by atoms with E-state index >= 15 is 0 Å². The highest BCUT2D eigenvalue weighted by Crippen LogP contribution is 2.33. The fourth-order valence-electron chi connectivity index (χ4n) is 3.94. The Morgan fingerprint density at radius 2 is 1.75 bits per heavy atom. The molecule has 0 aromatic heterocycles. The minimum atomic E-state index is -3.57. The second kappa shape index (κ2) is 6.48. The Kier molecular flexibility index (Phi) is 4.71. The van der Waals surface area contributed by atoms with Crippen LogP contribution in [0.15, 0.2) is 23.1 Å². The zero-order valence-corrected chi connectivity index (χ0v) is 15.5. The summed E-state index contributed by atoms with van der Waals surface area (Å²) in [6, 6.07) is 5.36. The Labute approximate surface area is 144 Å². The SMILES string of the molecule is Cc1ccc(N2CCCC2=O)cc1S(=O)(=O)N1C(C)CCCC1C. The van der Waals surface area contributed by atoms with Crippen molar-refractivity contribution in [1.82, 2.24) is 4.31 Å². The maximum atomic E-state index is 13.3. The van der Waals surface area contributed by atoms with E-state index in [2.05, 4.69) is 0 Å². The van der Waals surface area contributed by atoms with E-state index in [9.17, 15) is 13.2 Å². The van der Waals surface area contributed by atoms with Crippen LogP contribution in [0.25, 0.3) is 0 Å². The summed E-state index contributed by atoms with van der Waals surface area (Å²) >= 11 is 0. The Morgan fingerprint density at radius 3 is 2.33 bits per heavy atom. The second-order valence-corrected chi connectivity index (χ2v) is 8.87. The highest BCUT2D eigenvalue weighted by atomic mass is 32.2. The van der Waals surface area contributed by atoms with E-state index in [1.54, 1.807) is 15.3 Å². The van der Waals surface area contributed by atoms with Gasteiger partial charge in [-0.2, -0.15) is 4.31 Å². The normalized spacial score (nSPS) is 26.1. The molecule has 132 valence electrons. The lowest BCUT2D eigenvalue weighted by atomic mass is 10.0. The first kappa shape index (κ1) is 17.4. The fourth-order valence-corrected chi connectivity index (χ4v) is 6.07. The van der Waals surface area contributed by atoms with Gasteiger partial charge in [-0.3, -0.25) is 4.79 Å². The summed E-state index contributed by atoms with van der Waals surface area (Å²) in [5.74, 6) is 0.0712. The number of sulfonamides is 1. The van der Waals surface area contributed by atoms with E-state index in [0.717, 1.165) is 31.2 Å². The molecule has 2 saturated heterocycles. The van der Waals surface area contributed by atoms with E-state index in [-0.39, 0.29) is 18.0 Å². The topological polar surface area (TPSA) is 57.7 Å². The third kappa shape index (κ3) is 2.97. The number of amides is 1. The summed E-state index contributed by atoms with van der Waals surface area (Å²) in [6.45, 7) is 6.45. The van der Waals surface area contributed by atoms with Crippen molar-refractivity contribution in [2.24, 2.45) is 0 Å². The van der Waals surface area contributed by atoms with Gasteiger partial charge in [-0.1, -0.05) is 12.5 Å². The molecule has 0 aliphatic carbocycles. The molecule has 1 aromatic rings. The number of rotatable bonds is 3. The number of aryl methyl sites for hydroxylation is 1.